The Morgan fingerprint density at radius 2 is 2.00 bits per heavy atom. The maximum absolute atomic E-state index is 12.4. The molecule has 0 unspecified atom stereocenters. The molecular weight excluding hydrogens is 392 g/mol. The number of amides is 1. The van der Waals surface area contributed by atoms with Crippen LogP contribution in [0.3, 0.4) is 0 Å². The van der Waals surface area contributed by atoms with Crippen LogP contribution in [0, 0.1) is 0 Å². The van der Waals surface area contributed by atoms with Crippen molar-refractivity contribution >= 4 is 55.2 Å². The lowest BCUT2D eigenvalue weighted by Gasteiger charge is -2.01. The van der Waals surface area contributed by atoms with Crippen LogP contribution in [0.5, 0.6) is 0 Å². The molecule has 0 aliphatic rings. The lowest BCUT2D eigenvalue weighted by molar-refractivity contribution is 0.0998. The molecule has 0 spiro atoms. The molecule has 1 heterocycles. The van der Waals surface area contributed by atoms with Crippen molar-refractivity contribution in [1.82, 2.24) is 4.57 Å². The van der Waals surface area contributed by atoms with Crippen molar-refractivity contribution in [2.24, 2.45) is 4.99 Å². The van der Waals surface area contributed by atoms with Gasteiger partial charge in [-0.05, 0) is 55.6 Å². The maximum Gasteiger partial charge on any atom is 0.279 e. The van der Waals surface area contributed by atoms with Gasteiger partial charge in [-0.3, -0.25) is 4.79 Å². The molecule has 3 nitrogen and oxygen atoms in total. The summed E-state index contributed by atoms with van der Waals surface area (Å²) in [5.41, 5.74) is 1.72. The van der Waals surface area contributed by atoms with E-state index >= 15 is 0 Å². The number of benzene rings is 2. The fraction of sp³-hybridized carbons (Fsp3) is 0.176. The fourth-order valence-corrected chi connectivity index (χ4v) is 4.38. The number of thiazole rings is 1. The summed E-state index contributed by atoms with van der Waals surface area (Å²) in [5, 5.41) is 0. The highest BCUT2D eigenvalue weighted by atomic mass is 79.9. The molecule has 23 heavy (non-hydrogen) atoms. The third-order valence-electron chi connectivity index (χ3n) is 3.50. The van der Waals surface area contributed by atoms with Crippen LogP contribution >= 0.6 is 39.0 Å². The van der Waals surface area contributed by atoms with Gasteiger partial charge in [0.25, 0.3) is 5.91 Å². The summed E-state index contributed by atoms with van der Waals surface area (Å²) >= 11 is 6.68. The van der Waals surface area contributed by atoms with Gasteiger partial charge < -0.3 is 4.57 Å². The summed E-state index contributed by atoms with van der Waals surface area (Å²) in [7, 11) is 0. The molecule has 118 valence electrons. The highest BCUT2D eigenvalue weighted by Gasteiger charge is 2.08. The van der Waals surface area contributed by atoms with E-state index in [2.05, 4.69) is 44.5 Å². The van der Waals surface area contributed by atoms with Crippen molar-refractivity contribution in [3.8, 4) is 0 Å². The standard InChI is InChI=1S/C17H15BrN2OS2/c1-3-20-14-9-6-12(18)10-15(14)23-17(20)19-16(21)11-4-7-13(22-2)8-5-11/h4-10H,3H2,1-2H3. The number of hydrogen-bond donors (Lipinski definition) is 0. The van der Waals surface area contributed by atoms with E-state index in [9.17, 15) is 4.79 Å². The van der Waals surface area contributed by atoms with Gasteiger partial charge in [0.2, 0.25) is 0 Å². The van der Waals surface area contributed by atoms with Gasteiger partial charge in [0, 0.05) is 21.5 Å². The number of carbonyl (C=O) groups is 1. The number of thioether (sulfide) groups is 1. The number of hydrogen-bond acceptors (Lipinski definition) is 3. The fourth-order valence-electron chi connectivity index (χ4n) is 2.32. The lowest BCUT2D eigenvalue weighted by Crippen LogP contribution is -2.15. The molecule has 0 fully saturated rings. The Kier molecular flexibility index (Phi) is 5.04. The second-order valence-electron chi connectivity index (χ2n) is 4.89. The first-order valence-corrected chi connectivity index (χ1v) is 9.98. The average Bonchev–Trinajstić information content (AvgIpc) is 2.90. The van der Waals surface area contributed by atoms with Crippen molar-refractivity contribution < 1.29 is 4.79 Å². The predicted octanol–water partition coefficient (Wildman–Crippen LogP) is 4.95. The zero-order valence-electron chi connectivity index (χ0n) is 12.7. The first kappa shape index (κ1) is 16.5. The van der Waals surface area contributed by atoms with Gasteiger partial charge in [-0.25, -0.2) is 0 Å². The number of halogens is 1. The van der Waals surface area contributed by atoms with Crippen LogP contribution in [0.4, 0.5) is 0 Å². The molecule has 3 aromatic rings. The minimum atomic E-state index is -0.203. The number of rotatable bonds is 3. The largest absolute Gasteiger partial charge is 0.317 e. The van der Waals surface area contributed by atoms with Crippen LogP contribution in [0.2, 0.25) is 0 Å². The average molecular weight is 407 g/mol. The van der Waals surface area contributed by atoms with Crippen LogP contribution in [0.15, 0.2) is 56.8 Å². The van der Waals surface area contributed by atoms with Crippen molar-refractivity contribution in [1.29, 1.82) is 0 Å². The Morgan fingerprint density at radius 1 is 1.26 bits per heavy atom. The van der Waals surface area contributed by atoms with E-state index in [0.29, 0.717) is 5.56 Å². The second kappa shape index (κ2) is 7.03. The minimum Gasteiger partial charge on any atom is -0.317 e. The molecule has 0 N–H and O–H groups in total. The SMILES string of the molecule is CCn1c(=NC(=O)c2ccc(SC)cc2)sc2cc(Br)ccc21. The molecule has 0 saturated carbocycles. The number of aryl methyl sites for hydroxylation is 1. The summed E-state index contributed by atoms with van der Waals surface area (Å²) < 4.78 is 4.21. The van der Waals surface area contributed by atoms with Gasteiger partial charge in [0.05, 0.1) is 10.2 Å². The van der Waals surface area contributed by atoms with Gasteiger partial charge in [-0.2, -0.15) is 4.99 Å². The first-order chi connectivity index (χ1) is 11.1. The van der Waals surface area contributed by atoms with Crippen LogP contribution in [0.25, 0.3) is 10.2 Å². The number of aromatic nitrogens is 1. The van der Waals surface area contributed by atoms with E-state index in [-0.39, 0.29) is 5.91 Å². The van der Waals surface area contributed by atoms with Gasteiger partial charge in [-0.1, -0.05) is 27.3 Å². The van der Waals surface area contributed by atoms with E-state index in [4.69, 9.17) is 0 Å². The van der Waals surface area contributed by atoms with Gasteiger partial charge >= 0.3 is 0 Å². The smallest absolute Gasteiger partial charge is 0.279 e. The molecule has 2 aromatic carbocycles. The van der Waals surface area contributed by atoms with E-state index < -0.39 is 0 Å². The zero-order valence-corrected chi connectivity index (χ0v) is 16.0. The molecule has 0 saturated heterocycles. The zero-order chi connectivity index (χ0) is 16.4. The van der Waals surface area contributed by atoms with Gasteiger partial charge in [-0.15, -0.1) is 11.8 Å². The van der Waals surface area contributed by atoms with Gasteiger partial charge in [0.1, 0.15) is 0 Å². The molecule has 0 bridgehead atoms. The molecule has 3 rings (SSSR count). The lowest BCUT2D eigenvalue weighted by atomic mass is 10.2. The summed E-state index contributed by atoms with van der Waals surface area (Å²) in [6.07, 6.45) is 2.01. The number of fused-ring (bicyclic) bond motifs is 1. The first-order valence-electron chi connectivity index (χ1n) is 7.14. The molecule has 1 aromatic heterocycles. The predicted molar refractivity (Wildman–Crippen MR) is 101 cm³/mol. The summed E-state index contributed by atoms with van der Waals surface area (Å²) in [4.78, 5) is 18.7. The molecule has 0 atom stereocenters. The Labute approximate surface area is 151 Å². The topological polar surface area (TPSA) is 34.4 Å². The molecular formula is C17H15BrN2OS2. The van der Waals surface area contributed by atoms with Gasteiger partial charge in [0.15, 0.2) is 4.80 Å². The Hall–Kier alpha value is -1.37. The minimum absolute atomic E-state index is 0.203. The highest BCUT2D eigenvalue weighted by molar-refractivity contribution is 9.10. The summed E-state index contributed by atoms with van der Waals surface area (Å²) in [6, 6.07) is 13.7. The monoisotopic (exact) mass is 406 g/mol. The Bertz CT molecular complexity index is 926. The van der Waals surface area contributed by atoms with Crippen molar-refractivity contribution in [3.63, 3.8) is 0 Å². The Balaban J connectivity index is 2.07. The molecule has 0 aliphatic carbocycles. The van der Waals surface area contributed by atoms with E-state index in [0.717, 1.165) is 30.9 Å². The van der Waals surface area contributed by atoms with Crippen LogP contribution in [0.1, 0.15) is 17.3 Å². The van der Waals surface area contributed by atoms with E-state index in [1.807, 2.05) is 36.6 Å². The Morgan fingerprint density at radius 3 is 2.65 bits per heavy atom. The normalized spacial score (nSPS) is 12.0. The molecule has 0 radical (unpaired) electrons. The van der Waals surface area contributed by atoms with Crippen molar-refractivity contribution in [2.45, 2.75) is 18.4 Å². The third-order valence-corrected chi connectivity index (χ3v) is 5.77. The summed E-state index contributed by atoms with van der Waals surface area (Å²) in [5.74, 6) is -0.203. The maximum atomic E-state index is 12.4. The highest BCUT2D eigenvalue weighted by Crippen LogP contribution is 2.22. The molecule has 6 heteroatoms. The van der Waals surface area contributed by atoms with Crippen molar-refractivity contribution in [2.75, 3.05) is 6.26 Å². The van der Waals surface area contributed by atoms with Crippen LogP contribution in [-0.2, 0) is 6.54 Å². The number of nitrogens with zero attached hydrogens (tertiary/aromatic N) is 2. The number of carbonyl (C=O) groups excluding carboxylic acids is 1. The molecule has 0 aliphatic heterocycles. The van der Waals surface area contributed by atoms with E-state index in [1.165, 1.54) is 11.3 Å². The second-order valence-corrected chi connectivity index (χ2v) is 7.69. The quantitative estimate of drug-likeness (QED) is 0.576. The van der Waals surface area contributed by atoms with E-state index in [1.54, 1.807) is 11.8 Å². The van der Waals surface area contributed by atoms with Crippen LogP contribution in [-0.4, -0.2) is 16.7 Å². The molecule has 1 amide bonds. The third kappa shape index (κ3) is 3.44. The summed E-state index contributed by atoms with van der Waals surface area (Å²) in [6.45, 7) is 2.84. The van der Waals surface area contributed by atoms with Crippen LogP contribution < -0.4 is 4.80 Å². The van der Waals surface area contributed by atoms with Crippen molar-refractivity contribution in [3.05, 3.63) is 57.3 Å².